The summed E-state index contributed by atoms with van der Waals surface area (Å²) in [5.41, 5.74) is 19.1. The van der Waals surface area contributed by atoms with Crippen molar-refractivity contribution >= 4 is 38.6 Å². The van der Waals surface area contributed by atoms with Crippen LogP contribution < -0.4 is 4.90 Å². The summed E-state index contributed by atoms with van der Waals surface area (Å²) in [6.07, 6.45) is 0. The minimum absolute atomic E-state index is 0.324. The van der Waals surface area contributed by atoms with Gasteiger partial charge in [0, 0.05) is 22.2 Å². The maximum absolute atomic E-state index is 2.49. The molecular weight excluding hydrogens is 783 g/mol. The van der Waals surface area contributed by atoms with E-state index in [1.165, 1.54) is 93.9 Å². The van der Waals surface area contributed by atoms with Crippen molar-refractivity contribution < 1.29 is 0 Å². The molecule has 1 unspecified atom stereocenters. The molecule has 306 valence electrons. The van der Waals surface area contributed by atoms with Crippen LogP contribution >= 0.6 is 0 Å². The summed E-state index contributed by atoms with van der Waals surface area (Å²) in [4.78, 5) is 2.49. The van der Waals surface area contributed by atoms with E-state index < -0.39 is 0 Å². The summed E-state index contributed by atoms with van der Waals surface area (Å²) < 4.78 is 0. The van der Waals surface area contributed by atoms with E-state index in [1.54, 1.807) is 0 Å². The van der Waals surface area contributed by atoms with Gasteiger partial charge in [-0.3, -0.25) is 0 Å². The Morgan fingerprint density at radius 3 is 1.34 bits per heavy atom. The van der Waals surface area contributed by atoms with E-state index >= 15 is 0 Å². The molecule has 0 N–H and O–H groups in total. The second kappa shape index (κ2) is 15.8. The maximum Gasteiger partial charge on any atom is 0.0543 e. The van der Waals surface area contributed by atoms with E-state index in [4.69, 9.17) is 0 Å². The Bertz CT molecular complexity index is 3530. The molecule has 0 radical (unpaired) electrons. The quantitative estimate of drug-likeness (QED) is 0.147. The van der Waals surface area contributed by atoms with E-state index in [9.17, 15) is 0 Å². The van der Waals surface area contributed by atoms with Gasteiger partial charge in [0.25, 0.3) is 0 Å². The van der Waals surface area contributed by atoms with Gasteiger partial charge in [0.05, 0.1) is 11.4 Å². The molecule has 12 rings (SSSR count). The molecule has 1 heteroatoms. The molecule has 0 heterocycles. The number of nitrogens with zero attached hydrogens (tertiary/aromatic N) is 1. The van der Waals surface area contributed by atoms with Gasteiger partial charge in [0.1, 0.15) is 0 Å². The van der Waals surface area contributed by atoms with Gasteiger partial charge >= 0.3 is 0 Å². The average molecular weight is 828 g/mol. The Balaban J connectivity index is 0.979. The molecular formula is C64H45N. The number of rotatable bonds is 8. The molecule has 0 fully saturated rings. The zero-order chi connectivity index (χ0) is 43.3. The van der Waals surface area contributed by atoms with Crippen molar-refractivity contribution in [2.24, 2.45) is 0 Å². The molecule has 0 saturated heterocycles. The Hall–Kier alpha value is -8.26. The van der Waals surface area contributed by atoms with Crippen molar-refractivity contribution in [2.75, 3.05) is 4.90 Å². The highest BCUT2D eigenvalue weighted by atomic mass is 15.1. The number of benzene rings is 11. The highest BCUT2D eigenvalue weighted by molar-refractivity contribution is 5.99. The smallest absolute Gasteiger partial charge is 0.0543 e. The van der Waals surface area contributed by atoms with Crippen molar-refractivity contribution in [1.29, 1.82) is 0 Å². The third-order valence-corrected chi connectivity index (χ3v) is 13.8. The normalized spacial score (nSPS) is 14.0. The SMILES string of the molecule is CC1(c2ccccc2)c2ccccc2-c2c(N(c3ccc(-c4ccc(-c5ccc6ccccc6c5)cc4)cc3)c3ccccc3-c3ccc(-c4ccc5ccccc5c4)cc3)cccc21. The summed E-state index contributed by atoms with van der Waals surface area (Å²) in [6, 6.07) is 93.6. The number of hydrogen-bond acceptors (Lipinski definition) is 1. The summed E-state index contributed by atoms with van der Waals surface area (Å²) >= 11 is 0. The lowest BCUT2D eigenvalue weighted by Gasteiger charge is -2.31. The van der Waals surface area contributed by atoms with Crippen LogP contribution in [0.5, 0.6) is 0 Å². The molecule has 1 aliphatic carbocycles. The fourth-order valence-corrected chi connectivity index (χ4v) is 10.3. The average Bonchev–Trinajstić information content (AvgIpc) is 3.65. The highest BCUT2D eigenvalue weighted by Crippen LogP contribution is 2.57. The monoisotopic (exact) mass is 827 g/mol. The Labute approximate surface area is 381 Å². The molecule has 1 nitrogen and oxygen atoms in total. The van der Waals surface area contributed by atoms with Gasteiger partial charge in [-0.2, -0.15) is 0 Å². The molecule has 0 aromatic heterocycles. The first-order valence-electron chi connectivity index (χ1n) is 22.6. The van der Waals surface area contributed by atoms with Crippen LogP contribution in [0.15, 0.2) is 255 Å². The van der Waals surface area contributed by atoms with Gasteiger partial charge in [0.15, 0.2) is 0 Å². The second-order valence-electron chi connectivity index (χ2n) is 17.4. The molecule has 1 atom stereocenters. The standard InChI is InChI=1S/C64H45N/c1-64(55-18-3-2-4-19-55)59-22-11-9-21-58(59)63-60(64)23-13-25-62(63)65(56-40-38-47(39-41-56)46-26-28-48(29-27-46)53-36-32-44-14-5-7-16-51(44)42-53)61-24-12-10-20-57(61)50-34-30-49(31-35-50)54-37-33-45-15-6-8-17-52(45)43-54/h2-43H,1H3. The van der Waals surface area contributed by atoms with Crippen LogP contribution in [-0.2, 0) is 5.41 Å². The lowest BCUT2D eigenvalue weighted by molar-refractivity contribution is 0.714. The molecule has 11 aromatic rings. The van der Waals surface area contributed by atoms with Gasteiger partial charge in [0.2, 0.25) is 0 Å². The van der Waals surface area contributed by atoms with Gasteiger partial charge < -0.3 is 4.90 Å². The lowest BCUT2D eigenvalue weighted by Crippen LogP contribution is -2.22. The second-order valence-corrected chi connectivity index (χ2v) is 17.4. The van der Waals surface area contributed by atoms with Crippen LogP contribution in [0.3, 0.4) is 0 Å². The van der Waals surface area contributed by atoms with E-state index in [0.29, 0.717) is 0 Å². The summed E-state index contributed by atoms with van der Waals surface area (Å²) in [6.45, 7) is 2.40. The van der Waals surface area contributed by atoms with Gasteiger partial charge in [-0.1, -0.05) is 218 Å². The van der Waals surface area contributed by atoms with Crippen LogP contribution in [0.2, 0.25) is 0 Å². The first kappa shape index (κ1) is 38.4. The molecule has 0 saturated carbocycles. The predicted octanol–water partition coefficient (Wildman–Crippen LogP) is 17.5. The molecule has 0 bridgehead atoms. The van der Waals surface area contributed by atoms with E-state index in [0.717, 1.165) is 17.1 Å². The van der Waals surface area contributed by atoms with Crippen molar-refractivity contribution in [3.8, 4) is 55.6 Å². The molecule has 0 aliphatic heterocycles. The van der Waals surface area contributed by atoms with Crippen LogP contribution in [0.4, 0.5) is 17.1 Å². The fourth-order valence-electron chi connectivity index (χ4n) is 10.3. The minimum Gasteiger partial charge on any atom is -0.309 e. The highest BCUT2D eigenvalue weighted by Gasteiger charge is 2.42. The molecule has 1 aliphatic rings. The van der Waals surface area contributed by atoms with Crippen LogP contribution in [-0.4, -0.2) is 0 Å². The summed E-state index contributed by atoms with van der Waals surface area (Å²) in [5.74, 6) is 0. The zero-order valence-corrected chi connectivity index (χ0v) is 36.2. The number of anilines is 3. The number of fused-ring (bicyclic) bond motifs is 5. The molecule has 0 amide bonds. The van der Waals surface area contributed by atoms with Crippen LogP contribution in [0.1, 0.15) is 23.6 Å². The van der Waals surface area contributed by atoms with E-state index in [-0.39, 0.29) is 5.41 Å². The topological polar surface area (TPSA) is 3.24 Å². The number of hydrogen-bond donors (Lipinski definition) is 0. The van der Waals surface area contributed by atoms with Crippen molar-refractivity contribution in [2.45, 2.75) is 12.3 Å². The molecule has 65 heavy (non-hydrogen) atoms. The van der Waals surface area contributed by atoms with Gasteiger partial charge in [-0.05, 0) is 126 Å². The van der Waals surface area contributed by atoms with Gasteiger partial charge in [-0.25, -0.2) is 0 Å². The Morgan fingerprint density at radius 1 is 0.292 bits per heavy atom. The Morgan fingerprint density at radius 2 is 0.723 bits per heavy atom. The largest absolute Gasteiger partial charge is 0.309 e. The summed E-state index contributed by atoms with van der Waals surface area (Å²) in [7, 11) is 0. The predicted molar refractivity (Wildman–Crippen MR) is 275 cm³/mol. The maximum atomic E-state index is 2.49. The van der Waals surface area contributed by atoms with Crippen molar-refractivity contribution in [3.63, 3.8) is 0 Å². The van der Waals surface area contributed by atoms with Crippen LogP contribution in [0, 0.1) is 0 Å². The van der Waals surface area contributed by atoms with Crippen molar-refractivity contribution in [1.82, 2.24) is 0 Å². The first-order chi connectivity index (χ1) is 32.1. The van der Waals surface area contributed by atoms with E-state index in [2.05, 4.69) is 267 Å². The first-order valence-corrected chi connectivity index (χ1v) is 22.6. The van der Waals surface area contributed by atoms with Crippen LogP contribution in [0.25, 0.3) is 77.2 Å². The third-order valence-electron chi connectivity index (χ3n) is 13.8. The number of para-hydroxylation sites is 1. The third kappa shape index (κ3) is 6.64. The molecule has 11 aromatic carbocycles. The Kier molecular flexibility index (Phi) is 9.35. The van der Waals surface area contributed by atoms with Crippen molar-refractivity contribution in [3.05, 3.63) is 271 Å². The van der Waals surface area contributed by atoms with E-state index in [1.807, 2.05) is 0 Å². The lowest BCUT2D eigenvalue weighted by atomic mass is 9.74. The zero-order valence-electron chi connectivity index (χ0n) is 36.2. The fraction of sp³-hybridized carbons (Fsp3) is 0.0312. The van der Waals surface area contributed by atoms with Gasteiger partial charge in [-0.15, -0.1) is 0 Å². The summed E-state index contributed by atoms with van der Waals surface area (Å²) in [5, 5.41) is 5.02. The minimum atomic E-state index is -0.324. The molecule has 0 spiro atoms.